The quantitative estimate of drug-likeness (QED) is 0.419. The minimum absolute atomic E-state index is 0.246. The molecule has 0 amide bonds. The first-order valence-electron chi connectivity index (χ1n) is 11.5. The van der Waals surface area contributed by atoms with E-state index in [0.29, 0.717) is 17.2 Å². The van der Waals surface area contributed by atoms with Crippen LogP contribution in [0.3, 0.4) is 0 Å². The number of nitrogens with zero attached hydrogens (tertiary/aromatic N) is 5. The van der Waals surface area contributed by atoms with Crippen molar-refractivity contribution in [3.63, 3.8) is 0 Å². The number of hydrogen-bond donors (Lipinski definition) is 1. The van der Waals surface area contributed by atoms with Gasteiger partial charge in [-0.05, 0) is 42.2 Å². The number of fused-ring (bicyclic) bond motifs is 2. The second kappa shape index (κ2) is 8.92. The highest BCUT2D eigenvalue weighted by atomic mass is 16.5. The first kappa shape index (κ1) is 20.9. The minimum atomic E-state index is -0.246. The van der Waals surface area contributed by atoms with Gasteiger partial charge in [0.2, 0.25) is 0 Å². The molecule has 1 saturated heterocycles. The van der Waals surface area contributed by atoms with Crippen molar-refractivity contribution in [2.75, 3.05) is 31.6 Å². The number of aryl methyl sites for hydroxylation is 1. The van der Waals surface area contributed by atoms with Crippen molar-refractivity contribution < 1.29 is 9.15 Å². The summed E-state index contributed by atoms with van der Waals surface area (Å²) in [5, 5.41) is 7.66. The maximum atomic E-state index is 11.1. The number of ether oxygens (including phenoxy) is 1. The molecule has 0 bridgehead atoms. The van der Waals surface area contributed by atoms with E-state index in [1.807, 2.05) is 30.6 Å². The Bertz CT molecular complexity index is 1330. The van der Waals surface area contributed by atoms with Crippen LogP contribution in [0.15, 0.2) is 58.6 Å². The van der Waals surface area contributed by atoms with E-state index in [9.17, 15) is 4.91 Å². The molecule has 1 fully saturated rings. The zero-order valence-corrected chi connectivity index (χ0v) is 18.6. The van der Waals surface area contributed by atoms with Gasteiger partial charge in [-0.1, -0.05) is 11.2 Å². The summed E-state index contributed by atoms with van der Waals surface area (Å²) in [5.74, 6) is 1.07. The molecule has 1 aliphatic heterocycles. The van der Waals surface area contributed by atoms with E-state index in [-0.39, 0.29) is 6.04 Å². The van der Waals surface area contributed by atoms with Gasteiger partial charge in [0.1, 0.15) is 6.04 Å². The molecule has 0 saturated carbocycles. The van der Waals surface area contributed by atoms with Crippen LogP contribution < -0.4 is 5.32 Å². The number of aromatic nitrogens is 3. The van der Waals surface area contributed by atoms with Gasteiger partial charge in [0, 0.05) is 54.9 Å². The summed E-state index contributed by atoms with van der Waals surface area (Å²) >= 11 is 0. The summed E-state index contributed by atoms with van der Waals surface area (Å²) in [6, 6.07) is 7.70. The van der Waals surface area contributed by atoms with Crippen molar-refractivity contribution in [1.29, 1.82) is 0 Å². The average Bonchev–Trinajstić information content (AvgIpc) is 3.46. The van der Waals surface area contributed by atoms with Crippen LogP contribution in [-0.4, -0.2) is 46.2 Å². The number of nitroso groups, excluding NO2 is 1. The SMILES string of the molecule is O=NC1CCc2cc(Nc3c(-c4ncc(CN5CCOCC5)cn4)oc4cnccc34)ccc21. The normalized spacial score (nSPS) is 18.2. The molecular formula is C25H24N6O3. The first-order chi connectivity index (χ1) is 16.8. The smallest absolute Gasteiger partial charge is 0.197 e. The topological polar surface area (TPSA) is 106 Å². The molecule has 1 unspecified atom stereocenters. The van der Waals surface area contributed by atoms with Crippen LogP contribution in [0.1, 0.15) is 29.2 Å². The molecule has 1 aliphatic carbocycles. The van der Waals surface area contributed by atoms with Crippen molar-refractivity contribution in [2.45, 2.75) is 25.4 Å². The lowest BCUT2D eigenvalue weighted by Gasteiger charge is -2.26. The molecule has 3 aromatic heterocycles. The fourth-order valence-electron chi connectivity index (χ4n) is 4.73. The van der Waals surface area contributed by atoms with Crippen molar-refractivity contribution in [3.05, 3.63) is 70.7 Å². The molecule has 4 aromatic rings. The second-order valence-electron chi connectivity index (χ2n) is 8.68. The molecule has 4 heterocycles. The van der Waals surface area contributed by atoms with Gasteiger partial charge >= 0.3 is 0 Å². The lowest BCUT2D eigenvalue weighted by Crippen LogP contribution is -2.35. The molecule has 2 aliphatic rings. The highest BCUT2D eigenvalue weighted by Gasteiger charge is 2.24. The summed E-state index contributed by atoms with van der Waals surface area (Å²) < 4.78 is 11.6. The molecule has 1 atom stereocenters. The third kappa shape index (κ3) is 3.93. The largest absolute Gasteiger partial charge is 0.449 e. The average molecular weight is 457 g/mol. The zero-order valence-electron chi connectivity index (χ0n) is 18.6. The maximum Gasteiger partial charge on any atom is 0.197 e. The molecule has 34 heavy (non-hydrogen) atoms. The van der Waals surface area contributed by atoms with E-state index in [2.05, 4.69) is 36.4 Å². The van der Waals surface area contributed by atoms with Gasteiger partial charge in [0.25, 0.3) is 0 Å². The number of rotatable bonds is 6. The fraction of sp³-hybridized carbons (Fsp3) is 0.320. The monoisotopic (exact) mass is 456 g/mol. The van der Waals surface area contributed by atoms with Crippen LogP contribution in [0.2, 0.25) is 0 Å². The Labute approximate surface area is 196 Å². The van der Waals surface area contributed by atoms with Crippen molar-refractivity contribution in [2.24, 2.45) is 5.18 Å². The van der Waals surface area contributed by atoms with Crippen LogP contribution in [-0.2, 0) is 17.7 Å². The van der Waals surface area contributed by atoms with Gasteiger partial charge in [0.15, 0.2) is 17.2 Å². The number of furan rings is 1. The van der Waals surface area contributed by atoms with Crippen LogP contribution in [0.5, 0.6) is 0 Å². The van der Waals surface area contributed by atoms with E-state index in [4.69, 9.17) is 9.15 Å². The summed E-state index contributed by atoms with van der Waals surface area (Å²) in [7, 11) is 0. The van der Waals surface area contributed by atoms with E-state index < -0.39 is 0 Å². The van der Waals surface area contributed by atoms with E-state index in [1.165, 1.54) is 0 Å². The Morgan fingerprint density at radius 3 is 2.79 bits per heavy atom. The lowest BCUT2D eigenvalue weighted by molar-refractivity contribution is 0.0341. The summed E-state index contributed by atoms with van der Waals surface area (Å²) in [6.07, 6.45) is 8.75. The van der Waals surface area contributed by atoms with Crippen LogP contribution in [0.4, 0.5) is 11.4 Å². The molecule has 172 valence electrons. The van der Waals surface area contributed by atoms with Gasteiger partial charge in [0.05, 0.1) is 25.1 Å². The Morgan fingerprint density at radius 2 is 1.97 bits per heavy atom. The van der Waals surface area contributed by atoms with Gasteiger partial charge in [-0.2, -0.15) is 4.91 Å². The Morgan fingerprint density at radius 1 is 1.12 bits per heavy atom. The van der Waals surface area contributed by atoms with E-state index in [0.717, 1.165) is 79.1 Å². The number of morpholine rings is 1. The van der Waals surface area contributed by atoms with Gasteiger partial charge in [-0.3, -0.25) is 9.88 Å². The molecule has 0 radical (unpaired) electrons. The highest BCUT2D eigenvalue weighted by molar-refractivity contribution is 5.99. The molecule has 6 rings (SSSR count). The van der Waals surface area contributed by atoms with Crippen molar-refractivity contribution >= 4 is 22.3 Å². The second-order valence-corrected chi connectivity index (χ2v) is 8.68. The number of pyridine rings is 1. The van der Waals surface area contributed by atoms with Crippen LogP contribution >= 0.6 is 0 Å². The summed E-state index contributed by atoms with van der Waals surface area (Å²) in [4.78, 5) is 26.9. The summed E-state index contributed by atoms with van der Waals surface area (Å²) in [6.45, 7) is 4.14. The van der Waals surface area contributed by atoms with Crippen molar-refractivity contribution in [1.82, 2.24) is 19.9 Å². The van der Waals surface area contributed by atoms with Gasteiger partial charge < -0.3 is 14.5 Å². The van der Waals surface area contributed by atoms with Crippen molar-refractivity contribution in [3.8, 4) is 11.6 Å². The number of benzene rings is 1. The van der Waals surface area contributed by atoms with E-state index in [1.54, 1.807) is 12.4 Å². The fourth-order valence-corrected chi connectivity index (χ4v) is 4.73. The molecule has 9 heteroatoms. The highest BCUT2D eigenvalue weighted by Crippen LogP contribution is 2.40. The Kier molecular flexibility index (Phi) is 5.48. The molecule has 1 aromatic carbocycles. The van der Waals surface area contributed by atoms with E-state index >= 15 is 0 Å². The Balaban J connectivity index is 1.31. The third-order valence-corrected chi connectivity index (χ3v) is 6.50. The zero-order chi connectivity index (χ0) is 22.9. The van der Waals surface area contributed by atoms with Crippen LogP contribution in [0, 0.1) is 4.91 Å². The number of hydrogen-bond acceptors (Lipinski definition) is 9. The lowest BCUT2D eigenvalue weighted by atomic mass is 10.1. The van der Waals surface area contributed by atoms with Crippen LogP contribution in [0.25, 0.3) is 22.6 Å². The molecule has 1 N–H and O–H groups in total. The molecular weight excluding hydrogens is 432 g/mol. The summed E-state index contributed by atoms with van der Waals surface area (Å²) in [5.41, 5.74) is 5.58. The third-order valence-electron chi connectivity index (χ3n) is 6.50. The predicted molar refractivity (Wildman–Crippen MR) is 128 cm³/mol. The number of nitrogens with one attached hydrogen (secondary N) is 1. The Hall–Kier alpha value is -3.69. The minimum Gasteiger partial charge on any atom is -0.449 e. The molecule has 0 spiro atoms. The maximum absolute atomic E-state index is 11.1. The predicted octanol–water partition coefficient (Wildman–Crippen LogP) is 4.61. The van der Waals surface area contributed by atoms with Gasteiger partial charge in [-0.15, -0.1) is 0 Å². The standard InChI is InChI=1S/C25H24N6O3/c32-30-21-4-1-17-11-18(2-3-19(17)21)29-23-20-5-6-26-14-22(20)34-24(23)25-27-12-16(13-28-25)15-31-7-9-33-10-8-31/h2-3,5-6,11-14,21,29H,1,4,7-10,15H2. The van der Waals surface area contributed by atoms with Gasteiger partial charge in [-0.25, -0.2) is 9.97 Å². The first-order valence-corrected chi connectivity index (χ1v) is 11.5. The molecule has 9 nitrogen and oxygen atoms in total. The number of anilines is 2.